The molecule has 0 bridgehead atoms. The largest absolute Gasteiger partial charge is 0.366 e. The molecule has 0 aromatic heterocycles. The van der Waals surface area contributed by atoms with Crippen LogP contribution in [0.25, 0.3) is 0 Å². The zero-order chi connectivity index (χ0) is 10.4. The van der Waals surface area contributed by atoms with Crippen LogP contribution in [0, 0.1) is 0 Å². The second-order valence-corrected chi connectivity index (χ2v) is 3.75. The summed E-state index contributed by atoms with van der Waals surface area (Å²) in [6.45, 7) is 2.59. The lowest BCUT2D eigenvalue weighted by Gasteiger charge is -2.15. The lowest BCUT2D eigenvalue weighted by molar-refractivity contribution is -0.127. The molecule has 1 saturated heterocycles. The van der Waals surface area contributed by atoms with E-state index in [2.05, 4.69) is 10.6 Å². The number of amides is 1. The van der Waals surface area contributed by atoms with Gasteiger partial charge in [-0.2, -0.15) is 0 Å². The normalized spacial score (nSPS) is 15.8. The maximum Gasteiger partial charge on any atom is 0.222 e. The molecule has 0 unspecified atom stereocenters. The summed E-state index contributed by atoms with van der Waals surface area (Å²) >= 11 is 4.92. The number of hydrogen-bond acceptors (Lipinski definition) is 2. The van der Waals surface area contributed by atoms with E-state index in [0.29, 0.717) is 11.0 Å². The molecule has 0 atom stereocenters. The highest BCUT2D eigenvalue weighted by Gasteiger charge is 2.18. The van der Waals surface area contributed by atoms with E-state index in [4.69, 9.17) is 12.2 Å². The molecule has 0 saturated carbocycles. The Balaban J connectivity index is 2.03. The van der Waals surface area contributed by atoms with Crippen molar-refractivity contribution >= 4 is 23.2 Å². The van der Waals surface area contributed by atoms with Crippen molar-refractivity contribution in [3.63, 3.8) is 0 Å². The van der Waals surface area contributed by atoms with E-state index in [-0.39, 0.29) is 0 Å². The number of nitrogens with zero attached hydrogens (tertiary/aromatic N) is 1. The summed E-state index contributed by atoms with van der Waals surface area (Å²) in [5, 5.41) is 6.56. The molecule has 1 rings (SSSR count). The molecular weight excluding hydrogens is 198 g/mol. The average molecular weight is 215 g/mol. The number of nitrogens with one attached hydrogen (secondary N) is 2. The van der Waals surface area contributed by atoms with E-state index >= 15 is 0 Å². The van der Waals surface area contributed by atoms with E-state index in [9.17, 15) is 4.79 Å². The predicted molar refractivity (Wildman–Crippen MR) is 60.1 cm³/mol. The molecule has 1 heterocycles. The Morgan fingerprint density at radius 1 is 1.64 bits per heavy atom. The quantitative estimate of drug-likeness (QED) is 0.515. The number of carbonyl (C=O) groups is 1. The van der Waals surface area contributed by atoms with Crippen LogP contribution in [0.1, 0.15) is 19.3 Å². The Morgan fingerprint density at radius 2 is 2.43 bits per heavy atom. The number of rotatable bonds is 4. The van der Waals surface area contributed by atoms with Crippen LogP contribution in [0.3, 0.4) is 0 Å². The molecule has 0 aromatic rings. The van der Waals surface area contributed by atoms with Crippen LogP contribution in [0.4, 0.5) is 0 Å². The molecule has 0 aliphatic carbocycles. The highest BCUT2D eigenvalue weighted by Crippen LogP contribution is 2.09. The number of hydrogen-bond donors (Lipinski definition) is 2. The third-order valence-corrected chi connectivity index (χ3v) is 2.64. The van der Waals surface area contributed by atoms with Gasteiger partial charge in [-0.05, 0) is 25.1 Å². The SMILES string of the molecule is CNC(=S)NCCCN1CCCC1=O. The van der Waals surface area contributed by atoms with Crippen molar-refractivity contribution < 1.29 is 4.79 Å². The monoisotopic (exact) mass is 215 g/mol. The first kappa shape index (κ1) is 11.2. The molecule has 4 nitrogen and oxygen atoms in total. The van der Waals surface area contributed by atoms with E-state index in [0.717, 1.165) is 38.9 Å². The van der Waals surface area contributed by atoms with Gasteiger partial charge in [0.15, 0.2) is 5.11 Å². The average Bonchev–Trinajstić information content (AvgIpc) is 2.58. The Hall–Kier alpha value is -0.840. The fraction of sp³-hybridized carbons (Fsp3) is 0.778. The second-order valence-electron chi connectivity index (χ2n) is 3.34. The number of likely N-dealkylation sites (tertiary alicyclic amines) is 1. The van der Waals surface area contributed by atoms with Gasteiger partial charge in [-0.15, -0.1) is 0 Å². The maximum atomic E-state index is 11.2. The second kappa shape index (κ2) is 5.80. The lowest BCUT2D eigenvalue weighted by Crippen LogP contribution is -2.35. The van der Waals surface area contributed by atoms with Gasteiger partial charge < -0.3 is 15.5 Å². The van der Waals surface area contributed by atoms with Gasteiger partial charge >= 0.3 is 0 Å². The minimum atomic E-state index is 0.293. The molecule has 1 amide bonds. The van der Waals surface area contributed by atoms with Gasteiger partial charge in [0.25, 0.3) is 0 Å². The zero-order valence-corrected chi connectivity index (χ0v) is 9.32. The molecular formula is C9H17N3OS. The first-order chi connectivity index (χ1) is 6.74. The minimum absolute atomic E-state index is 0.293. The van der Waals surface area contributed by atoms with Crippen molar-refractivity contribution in [2.75, 3.05) is 26.7 Å². The maximum absolute atomic E-state index is 11.2. The van der Waals surface area contributed by atoms with E-state index in [1.807, 2.05) is 4.90 Å². The summed E-state index contributed by atoms with van der Waals surface area (Å²) in [6.07, 6.45) is 2.69. The van der Waals surface area contributed by atoms with Crippen LogP contribution in [0.2, 0.25) is 0 Å². The van der Waals surface area contributed by atoms with Gasteiger partial charge in [0.1, 0.15) is 0 Å². The van der Waals surface area contributed by atoms with Crippen molar-refractivity contribution in [3.05, 3.63) is 0 Å². The van der Waals surface area contributed by atoms with Crippen molar-refractivity contribution in [2.45, 2.75) is 19.3 Å². The molecule has 1 aliphatic heterocycles. The summed E-state index contributed by atoms with van der Waals surface area (Å²) in [5.41, 5.74) is 0. The van der Waals surface area contributed by atoms with Gasteiger partial charge in [-0.1, -0.05) is 0 Å². The fourth-order valence-corrected chi connectivity index (χ4v) is 1.60. The highest BCUT2D eigenvalue weighted by atomic mass is 32.1. The lowest BCUT2D eigenvalue weighted by atomic mass is 10.4. The van der Waals surface area contributed by atoms with Crippen LogP contribution in [0.15, 0.2) is 0 Å². The molecule has 14 heavy (non-hydrogen) atoms. The Bertz CT molecular complexity index is 220. The molecule has 80 valence electrons. The fourth-order valence-electron chi connectivity index (χ4n) is 1.50. The molecule has 0 aromatic carbocycles. The summed E-state index contributed by atoms with van der Waals surface area (Å²) in [5.74, 6) is 0.293. The number of thiocarbonyl (C=S) groups is 1. The molecule has 1 aliphatic rings. The smallest absolute Gasteiger partial charge is 0.222 e. The third-order valence-electron chi connectivity index (χ3n) is 2.29. The summed E-state index contributed by atoms with van der Waals surface area (Å²) < 4.78 is 0. The first-order valence-corrected chi connectivity index (χ1v) is 5.38. The van der Waals surface area contributed by atoms with Crippen LogP contribution >= 0.6 is 12.2 Å². The van der Waals surface area contributed by atoms with E-state index < -0.39 is 0 Å². The van der Waals surface area contributed by atoms with Crippen molar-refractivity contribution in [1.29, 1.82) is 0 Å². The van der Waals surface area contributed by atoms with Gasteiger partial charge in [-0.25, -0.2) is 0 Å². The summed E-state index contributed by atoms with van der Waals surface area (Å²) in [4.78, 5) is 13.1. The van der Waals surface area contributed by atoms with Crippen molar-refractivity contribution in [3.8, 4) is 0 Å². The molecule has 1 fully saturated rings. The van der Waals surface area contributed by atoms with Gasteiger partial charge in [0.05, 0.1) is 0 Å². The Kier molecular flexibility index (Phi) is 4.65. The predicted octanol–water partition coefficient (Wildman–Crippen LogP) is 0.0928. The van der Waals surface area contributed by atoms with Crippen LogP contribution in [-0.2, 0) is 4.79 Å². The summed E-state index contributed by atoms with van der Waals surface area (Å²) in [6, 6.07) is 0. The Morgan fingerprint density at radius 3 is 3.00 bits per heavy atom. The molecule has 0 spiro atoms. The Labute approximate surface area is 90.0 Å². The van der Waals surface area contributed by atoms with E-state index in [1.54, 1.807) is 7.05 Å². The number of carbonyl (C=O) groups excluding carboxylic acids is 1. The van der Waals surface area contributed by atoms with Crippen molar-refractivity contribution in [1.82, 2.24) is 15.5 Å². The van der Waals surface area contributed by atoms with Crippen LogP contribution < -0.4 is 10.6 Å². The van der Waals surface area contributed by atoms with Gasteiger partial charge in [0.2, 0.25) is 5.91 Å². The van der Waals surface area contributed by atoms with Gasteiger partial charge in [0, 0.05) is 33.1 Å². The van der Waals surface area contributed by atoms with Crippen LogP contribution in [0.5, 0.6) is 0 Å². The summed E-state index contributed by atoms with van der Waals surface area (Å²) in [7, 11) is 1.79. The van der Waals surface area contributed by atoms with E-state index in [1.165, 1.54) is 0 Å². The van der Waals surface area contributed by atoms with Crippen molar-refractivity contribution in [2.24, 2.45) is 0 Å². The third kappa shape index (κ3) is 3.49. The standard InChI is InChI=1S/C9H17N3OS/c1-10-9(14)11-5-3-7-12-6-2-4-8(12)13/h2-7H2,1H3,(H2,10,11,14). The minimum Gasteiger partial charge on any atom is -0.366 e. The van der Waals surface area contributed by atoms with Gasteiger partial charge in [-0.3, -0.25) is 4.79 Å². The molecule has 5 heteroatoms. The highest BCUT2D eigenvalue weighted by molar-refractivity contribution is 7.80. The molecule has 2 N–H and O–H groups in total. The topological polar surface area (TPSA) is 44.4 Å². The van der Waals surface area contributed by atoms with Crippen LogP contribution in [-0.4, -0.2) is 42.6 Å². The molecule has 0 radical (unpaired) electrons. The zero-order valence-electron chi connectivity index (χ0n) is 8.51. The first-order valence-electron chi connectivity index (χ1n) is 4.97.